The summed E-state index contributed by atoms with van der Waals surface area (Å²) < 4.78 is 0. The van der Waals surface area contributed by atoms with Gasteiger partial charge in [-0.1, -0.05) is 121 Å². The second-order valence-corrected chi connectivity index (χ2v) is 12.6. The van der Waals surface area contributed by atoms with Crippen molar-refractivity contribution in [2.45, 2.75) is 0 Å². The van der Waals surface area contributed by atoms with E-state index in [1.54, 1.807) is 0 Å². The molecule has 1 heterocycles. The summed E-state index contributed by atoms with van der Waals surface area (Å²) in [5, 5.41) is 18.4. The molecule has 0 unspecified atom stereocenters. The first-order chi connectivity index (χ1) is 22.3. The van der Waals surface area contributed by atoms with E-state index in [1.165, 1.54) is 109 Å². The quantitative estimate of drug-likeness (QED) is 0.200. The Kier molecular flexibility index (Phi) is 4.38. The molecule has 45 heavy (non-hydrogen) atoms. The topological polar surface area (TPSA) is 15.8 Å². The van der Waals surface area contributed by atoms with Gasteiger partial charge in [0.1, 0.15) is 0 Å². The number of fused-ring (bicyclic) bond motifs is 3. The third kappa shape index (κ3) is 3.12. The third-order valence-corrected chi connectivity index (χ3v) is 10.3. The Morgan fingerprint density at radius 2 is 0.667 bits per heavy atom. The summed E-state index contributed by atoms with van der Waals surface area (Å²) >= 11 is 0. The summed E-state index contributed by atoms with van der Waals surface area (Å²) in [6.07, 6.45) is 0. The molecular weight excluding hydrogens is 542 g/mol. The zero-order chi connectivity index (χ0) is 29.2. The fourth-order valence-electron chi connectivity index (χ4n) is 8.21. The highest BCUT2D eigenvalue weighted by atomic mass is 14.7. The van der Waals surface area contributed by atoms with Gasteiger partial charge in [0, 0.05) is 21.8 Å². The Bertz CT molecular complexity index is 2740. The molecule has 1 nitrogen and oxygen atoms in total. The van der Waals surface area contributed by atoms with Crippen LogP contribution in [0.1, 0.15) is 0 Å². The first kappa shape index (κ1) is 23.5. The largest absolute Gasteiger partial charge is 0.355 e. The fraction of sp³-hybridized carbons (Fsp3) is 0. The summed E-state index contributed by atoms with van der Waals surface area (Å²) in [5.41, 5.74) is 7.38. The maximum Gasteiger partial charge on any atom is 0.0465 e. The molecule has 206 valence electrons. The van der Waals surface area contributed by atoms with Crippen LogP contribution in [0.4, 0.5) is 0 Å². The lowest BCUT2D eigenvalue weighted by Crippen LogP contribution is -1.87. The lowest BCUT2D eigenvalue weighted by Gasteiger charge is -2.14. The first-order valence-electron chi connectivity index (χ1n) is 15.7. The van der Waals surface area contributed by atoms with Crippen LogP contribution in [-0.4, -0.2) is 4.98 Å². The zero-order valence-electron chi connectivity index (χ0n) is 24.4. The first-order valence-corrected chi connectivity index (χ1v) is 15.7. The highest BCUT2D eigenvalue weighted by molar-refractivity contribution is 6.27. The molecule has 10 aromatic carbocycles. The predicted octanol–water partition coefficient (Wildman–Crippen LogP) is 12.4. The van der Waals surface area contributed by atoms with Gasteiger partial charge >= 0.3 is 0 Å². The smallest absolute Gasteiger partial charge is 0.0465 e. The van der Waals surface area contributed by atoms with Gasteiger partial charge in [0.25, 0.3) is 0 Å². The molecule has 0 bridgehead atoms. The molecule has 0 fully saturated rings. The molecule has 0 atom stereocenters. The third-order valence-electron chi connectivity index (χ3n) is 10.3. The standard InChI is InChI=1S/C44H25N/c1-3-25-7-9-29-11-17-33(35-19-13-27(5-1)41(25)43(29)35)31-15-21-39-37(23-31)38-24-32(16-22-40(38)45-39)34-18-12-30-10-8-26-4-2-6-28-14-20-36(34)44(30)42(26)28/h1-24,45H. The second kappa shape index (κ2) is 8.37. The molecule has 11 rings (SSSR count). The van der Waals surface area contributed by atoms with Crippen molar-refractivity contribution in [1.29, 1.82) is 0 Å². The van der Waals surface area contributed by atoms with Crippen molar-refractivity contribution in [3.05, 3.63) is 146 Å². The molecule has 1 heteroatoms. The van der Waals surface area contributed by atoms with Crippen LogP contribution < -0.4 is 0 Å². The van der Waals surface area contributed by atoms with Crippen molar-refractivity contribution in [2.24, 2.45) is 0 Å². The van der Waals surface area contributed by atoms with E-state index in [-0.39, 0.29) is 0 Å². The van der Waals surface area contributed by atoms with Crippen LogP contribution in [0.2, 0.25) is 0 Å². The number of benzene rings is 10. The molecule has 0 aliphatic rings. The monoisotopic (exact) mass is 567 g/mol. The van der Waals surface area contributed by atoms with Crippen LogP contribution in [0.25, 0.3) is 109 Å². The molecule has 0 aliphatic heterocycles. The lowest BCUT2D eigenvalue weighted by molar-refractivity contribution is 1.54. The Balaban J connectivity index is 1.14. The maximum atomic E-state index is 3.69. The Labute approximate surface area is 258 Å². The van der Waals surface area contributed by atoms with E-state index < -0.39 is 0 Å². The number of H-pyrrole nitrogens is 1. The minimum Gasteiger partial charge on any atom is -0.355 e. The number of aromatic nitrogens is 1. The van der Waals surface area contributed by atoms with Gasteiger partial charge in [-0.3, -0.25) is 0 Å². The zero-order valence-corrected chi connectivity index (χ0v) is 24.4. The number of aromatic amines is 1. The van der Waals surface area contributed by atoms with Gasteiger partial charge in [0.15, 0.2) is 0 Å². The van der Waals surface area contributed by atoms with Crippen molar-refractivity contribution < 1.29 is 0 Å². The van der Waals surface area contributed by atoms with Crippen molar-refractivity contribution in [1.82, 2.24) is 4.98 Å². The molecular formula is C44H25N. The van der Waals surface area contributed by atoms with Crippen LogP contribution in [0, 0.1) is 0 Å². The number of hydrogen-bond acceptors (Lipinski definition) is 0. The van der Waals surface area contributed by atoms with Crippen LogP contribution in [-0.2, 0) is 0 Å². The Morgan fingerprint density at radius 3 is 1.11 bits per heavy atom. The highest BCUT2D eigenvalue weighted by Gasteiger charge is 2.16. The number of nitrogens with one attached hydrogen (secondary N) is 1. The Hall–Kier alpha value is -5.92. The summed E-state index contributed by atoms with van der Waals surface area (Å²) in [5.74, 6) is 0. The average Bonchev–Trinajstić information content (AvgIpc) is 3.46. The molecule has 0 amide bonds. The highest BCUT2D eigenvalue weighted by Crippen LogP contribution is 2.42. The molecule has 0 radical (unpaired) electrons. The van der Waals surface area contributed by atoms with Gasteiger partial charge in [-0.15, -0.1) is 0 Å². The second-order valence-electron chi connectivity index (χ2n) is 12.6. The molecule has 1 aromatic heterocycles. The number of hydrogen-bond donors (Lipinski definition) is 1. The summed E-state index contributed by atoms with van der Waals surface area (Å²) in [6, 6.07) is 54.4. The van der Waals surface area contributed by atoms with Crippen molar-refractivity contribution in [3.63, 3.8) is 0 Å². The normalized spacial score (nSPS) is 12.4. The van der Waals surface area contributed by atoms with Gasteiger partial charge in [-0.25, -0.2) is 0 Å². The molecule has 1 N–H and O–H groups in total. The van der Waals surface area contributed by atoms with Crippen molar-refractivity contribution in [2.75, 3.05) is 0 Å². The van der Waals surface area contributed by atoms with Gasteiger partial charge < -0.3 is 4.98 Å². The van der Waals surface area contributed by atoms with E-state index in [0.29, 0.717) is 0 Å². The average molecular weight is 568 g/mol. The van der Waals surface area contributed by atoms with Crippen LogP contribution in [0.15, 0.2) is 146 Å². The number of rotatable bonds is 2. The van der Waals surface area contributed by atoms with Crippen molar-refractivity contribution in [3.8, 4) is 22.3 Å². The summed E-state index contributed by atoms with van der Waals surface area (Å²) in [4.78, 5) is 3.69. The van der Waals surface area contributed by atoms with E-state index in [0.717, 1.165) is 0 Å². The molecule has 11 aromatic rings. The lowest BCUT2D eigenvalue weighted by atomic mass is 9.89. The van der Waals surface area contributed by atoms with Crippen LogP contribution >= 0.6 is 0 Å². The van der Waals surface area contributed by atoms with E-state index >= 15 is 0 Å². The maximum absolute atomic E-state index is 3.69. The van der Waals surface area contributed by atoms with Gasteiger partial charge in [-0.2, -0.15) is 0 Å². The van der Waals surface area contributed by atoms with Crippen LogP contribution in [0.3, 0.4) is 0 Å². The van der Waals surface area contributed by atoms with E-state index in [9.17, 15) is 0 Å². The van der Waals surface area contributed by atoms with Crippen molar-refractivity contribution >= 4 is 86.4 Å². The van der Waals surface area contributed by atoms with Gasteiger partial charge in [0.2, 0.25) is 0 Å². The molecule has 0 saturated carbocycles. The minimum atomic E-state index is 1.17. The molecule has 0 spiro atoms. The van der Waals surface area contributed by atoms with Crippen LogP contribution in [0.5, 0.6) is 0 Å². The summed E-state index contributed by atoms with van der Waals surface area (Å²) in [7, 11) is 0. The van der Waals surface area contributed by atoms with E-state index in [4.69, 9.17) is 0 Å². The fourth-order valence-corrected chi connectivity index (χ4v) is 8.21. The minimum absolute atomic E-state index is 1.17. The molecule has 0 aliphatic carbocycles. The van der Waals surface area contributed by atoms with Gasteiger partial charge in [0.05, 0.1) is 0 Å². The Morgan fingerprint density at radius 1 is 0.289 bits per heavy atom. The van der Waals surface area contributed by atoms with E-state index in [1.807, 2.05) is 0 Å². The SMILES string of the molecule is c1cc2ccc3ccc(-c4ccc5[nH]c6ccc(-c7ccc8ccc9cccc%10ccc7c8c9%10)cc6c5c4)c4ccc(c1)c2c34. The van der Waals surface area contributed by atoms with E-state index in [2.05, 4.69) is 151 Å². The van der Waals surface area contributed by atoms with Gasteiger partial charge in [-0.05, 0) is 111 Å². The summed E-state index contributed by atoms with van der Waals surface area (Å²) in [6.45, 7) is 0. The molecule has 0 saturated heterocycles. The predicted molar refractivity (Wildman–Crippen MR) is 194 cm³/mol.